The summed E-state index contributed by atoms with van der Waals surface area (Å²) in [6.45, 7) is 5.63. The van der Waals surface area contributed by atoms with Gasteiger partial charge in [0.15, 0.2) is 0 Å². The number of pyridine rings is 2. The Morgan fingerprint density at radius 1 is 1.04 bits per heavy atom. The van der Waals surface area contributed by atoms with Gasteiger partial charge in [0.05, 0.1) is 32.5 Å². The first-order valence-electron chi connectivity index (χ1n) is 9.82. The van der Waals surface area contributed by atoms with Crippen molar-refractivity contribution in [1.82, 2.24) is 14.5 Å². The van der Waals surface area contributed by atoms with Crippen LogP contribution in [-0.4, -0.2) is 60.0 Å². The summed E-state index contributed by atoms with van der Waals surface area (Å²) in [4.78, 5) is 19.5. The molecule has 6 nitrogen and oxygen atoms in total. The minimum Gasteiger partial charge on any atom is -0.377 e. The summed E-state index contributed by atoms with van der Waals surface area (Å²) in [5.41, 5.74) is 3.24. The molecule has 2 aromatic rings. The lowest BCUT2D eigenvalue weighted by Crippen LogP contribution is -2.52. The van der Waals surface area contributed by atoms with Gasteiger partial charge in [-0.2, -0.15) is 0 Å². The molecule has 2 atom stereocenters. The smallest absolute Gasteiger partial charge is 0.251 e. The summed E-state index contributed by atoms with van der Waals surface area (Å²) in [5, 5.41) is 0. The van der Waals surface area contributed by atoms with E-state index in [-0.39, 0.29) is 5.56 Å². The number of fused-ring (bicyclic) bond motifs is 4. The Hall–Kier alpha value is -2.02. The molecule has 0 unspecified atom stereocenters. The first-order chi connectivity index (χ1) is 13.3. The van der Waals surface area contributed by atoms with Crippen LogP contribution in [0.5, 0.6) is 0 Å². The maximum Gasteiger partial charge on any atom is 0.251 e. The number of piperidine rings is 1. The second-order valence-corrected chi connectivity index (χ2v) is 7.92. The zero-order chi connectivity index (χ0) is 18.2. The van der Waals surface area contributed by atoms with Gasteiger partial charge in [0.2, 0.25) is 0 Å². The predicted molar refractivity (Wildman–Crippen MR) is 102 cm³/mol. The normalized spacial score (nSPS) is 26.4. The van der Waals surface area contributed by atoms with Crippen molar-refractivity contribution in [3.63, 3.8) is 0 Å². The second kappa shape index (κ2) is 7.19. The molecule has 0 amide bonds. The lowest BCUT2D eigenvalue weighted by Gasteiger charge is -2.45. The van der Waals surface area contributed by atoms with Crippen LogP contribution in [0.2, 0.25) is 0 Å². The quantitative estimate of drug-likeness (QED) is 0.809. The second-order valence-electron chi connectivity index (χ2n) is 7.92. The van der Waals surface area contributed by atoms with Crippen LogP contribution in [0.4, 0.5) is 0 Å². The van der Waals surface area contributed by atoms with E-state index in [2.05, 4.69) is 16.0 Å². The number of hydrogen-bond acceptors (Lipinski definition) is 5. The number of aromatic nitrogens is 2. The maximum absolute atomic E-state index is 12.8. The van der Waals surface area contributed by atoms with Crippen molar-refractivity contribution in [2.45, 2.75) is 24.9 Å². The molecule has 2 fully saturated rings. The molecule has 2 saturated heterocycles. The molecule has 0 N–H and O–H groups in total. The third kappa shape index (κ3) is 3.33. The highest BCUT2D eigenvalue weighted by atomic mass is 16.5. The molecule has 5 heterocycles. The van der Waals surface area contributed by atoms with Crippen molar-refractivity contribution in [1.29, 1.82) is 0 Å². The van der Waals surface area contributed by atoms with Gasteiger partial charge in [-0.1, -0.05) is 6.07 Å². The first kappa shape index (κ1) is 17.1. The van der Waals surface area contributed by atoms with Gasteiger partial charge in [-0.05, 0) is 30.0 Å². The molecule has 0 spiro atoms. The van der Waals surface area contributed by atoms with Gasteiger partial charge in [-0.15, -0.1) is 0 Å². The molecule has 27 heavy (non-hydrogen) atoms. The van der Waals surface area contributed by atoms with Crippen LogP contribution < -0.4 is 5.56 Å². The molecule has 6 heteroatoms. The van der Waals surface area contributed by atoms with Gasteiger partial charge in [-0.3, -0.25) is 14.7 Å². The molecule has 2 bridgehead atoms. The van der Waals surface area contributed by atoms with Crippen LogP contribution >= 0.6 is 0 Å². The Balaban J connectivity index is 1.46. The van der Waals surface area contributed by atoms with Crippen LogP contribution in [0.15, 0.2) is 41.5 Å². The summed E-state index contributed by atoms with van der Waals surface area (Å²) in [5.74, 6) is 0.895. The van der Waals surface area contributed by atoms with E-state index in [1.165, 1.54) is 0 Å². The van der Waals surface area contributed by atoms with Crippen LogP contribution in [0.25, 0.3) is 11.1 Å². The van der Waals surface area contributed by atoms with Gasteiger partial charge in [0.25, 0.3) is 5.56 Å². The van der Waals surface area contributed by atoms with E-state index in [0.717, 1.165) is 56.1 Å². The summed E-state index contributed by atoms with van der Waals surface area (Å²) < 4.78 is 13.4. The van der Waals surface area contributed by atoms with Gasteiger partial charge in [-0.25, -0.2) is 0 Å². The molecule has 0 aromatic carbocycles. The van der Waals surface area contributed by atoms with Crippen molar-refractivity contribution in [3.8, 4) is 11.1 Å². The highest BCUT2D eigenvalue weighted by molar-refractivity contribution is 5.62. The van der Waals surface area contributed by atoms with E-state index >= 15 is 0 Å². The van der Waals surface area contributed by atoms with E-state index in [4.69, 9.17) is 9.47 Å². The highest BCUT2D eigenvalue weighted by Gasteiger charge is 2.37. The zero-order valence-corrected chi connectivity index (χ0v) is 15.4. The van der Waals surface area contributed by atoms with Crippen molar-refractivity contribution in [3.05, 3.63) is 52.7 Å². The fourth-order valence-electron chi connectivity index (χ4n) is 4.81. The fraction of sp³-hybridized carbons (Fsp3) is 0.524. The monoisotopic (exact) mass is 367 g/mol. The van der Waals surface area contributed by atoms with E-state index < -0.39 is 0 Å². The number of hydrogen-bond donors (Lipinski definition) is 0. The van der Waals surface area contributed by atoms with Crippen LogP contribution in [-0.2, 0) is 16.0 Å². The largest absolute Gasteiger partial charge is 0.377 e. The topological polar surface area (TPSA) is 56.6 Å². The minimum absolute atomic E-state index is 0.107. The third-order valence-corrected chi connectivity index (χ3v) is 6.09. The van der Waals surface area contributed by atoms with Crippen LogP contribution in [0.1, 0.15) is 18.0 Å². The summed E-state index contributed by atoms with van der Waals surface area (Å²) in [6.07, 6.45) is 4.74. The van der Waals surface area contributed by atoms with E-state index in [0.29, 0.717) is 31.1 Å². The SMILES string of the molecule is O=c1cc(-c2cccnc2)cc2n1C[C@H]1C[C@@H]2CN(C2COCCOC2)C1. The maximum atomic E-state index is 12.8. The average molecular weight is 367 g/mol. The number of ether oxygens (including phenoxy) is 2. The number of likely N-dealkylation sites (tertiary alicyclic amines) is 1. The van der Waals surface area contributed by atoms with Crippen molar-refractivity contribution in [2.75, 3.05) is 39.5 Å². The molecule has 0 saturated carbocycles. The molecule has 0 aliphatic carbocycles. The molecular weight excluding hydrogens is 342 g/mol. The van der Waals surface area contributed by atoms with Crippen molar-refractivity contribution in [2.24, 2.45) is 5.92 Å². The Bertz CT molecular complexity index is 859. The van der Waals surface area contributed by atoms with Gasteiger partial charge in [0, 0.05) is 55.3 Å². The molecular formula is C21H25N3O3. The summed E-state index contributed by atoms with van der Waals surface area (Å²) in [6, 6.07) is 8.20. The fourth-order valence-corrected chi connectivity index (χ4v) is 4.81. The van der Waals surface area contributed by atoms with Crippen molar-refractivity contribution < 1.29 is 9.47 Å². The van der Waals surface area contributed by atoms with Crippen molar-refractivity contribution >= 4 is 0 Å². The summed E-state index contributed by atoms with van der Waals surface area (Å²) in [7, 11) is 0. The van der Waals surface area contributed by atoms with Gasteiger partial charge < -0.3 is 14.0 Å². The summed E-state index contributed by atoms with van der Waals surface area (Å²) >= 11 is 0. The number of nitrogens with zero attached hydrogens (tertiary/aromatic N) is 3. The first-order valence-corrected chi connectivity index (χ1v) is 9.82. The average Bonchev–Trinajstić information content (AvgIpc) is 2.99. The van der Waals surface area contributed by atoms with Crippen LogP contribution in [0.3, 0.4) is 0 Å². The molecule has 2 aromatic heterocycles. The third-order valence-electron chi connectivity index (χ3n) is 6.09. The molecule has 5 rings (SSSR count). The lowest BCUT2D eigenvalue weighted by molar-refractivity contribution is 0.0234. The lowest BCUT2D eigenvalue weighted by atomic mass is 9.82. The number of rotatable bonds is 2. The van der Waals surface area contributed by atoms with E-state index in [1.54, 1.807) is 12.3 Å². The molecule has 3 aliphatic heterocycles. The Kier molecular flexibility index (Phi) is 4.55. The minimum atomic E-state index is 0.107. The molecule has 142 valence electrons. The highest BCUT2D eigenvalue weighted by Crippen LogP contribution is 2.37. The Morgan fingerprint density at radius 3 is 2.67 bits per heavy atom. The Labute approximate surface area is 158 Å². The Morgan fingerprint density at radius 2 is 1.89 bits per heavy atom. The van der Waals surface area contributed by atoms with E-state index in [1.807, 2.05) is 22.9 Å². The zero-order valence-electron chi connectivity index (χ0n) is 15.4. The van der Waals surface area contributed by atoms with E-state index in [9.17, 15) is 4.79 Å². The standard InChI is InChI=1S/C21H25N3O3/c25-21-8-17(16-2-1-3-22-9-16)7-20-18-6-15(11-24(20)21)10-23(12-18)19-13-26-4-5-27-14-19/h1-3,7-9,15,18-19H,4-6,10-14H2/t15-,18+/m0/s1. The predicted octanol–water partition coefficient (Wildman–Crippen LogP) is 1.74. The van der Waals surface area contributed by atoms with Gasteiger partial charge >= 0.3 is 0 Å². The van der Waals surface area contributed by atoms with Gasteiger partial charge in [0.1, 0.15) is 0 Å². The molecule has 3 aliphatic rings. The molecule has 0 radical (unpaired) electrons. The van der Waals surface area contributed by atoms with Crippen LogP contribution in [0, 0.1) is 5.92 Å².